The zero-order valence-corrected chi connectivity index (χ0v) is 21.1. The first-order valence-electron chi connectivity index (χ1n) is 12.1. The number of halogens is 3. The Morgan fingerprint density at radius 2 is 1.63 bits per heavy atom. The molecule has 0 atom stereocenters. The number of hydrogen-bond donors (Lipinski definition) is 3. The van der Waals surface area contributed by atoms with E-state index in [4.69, 9.17) is 17.0 Å². The second-order valence-electron chi connectivity index (χ2n) is 8.95. The number of thiocarbonyl (C=S) groups is 1. The van der Waals surface area contributed by atoms with Crippen molar-refractivity contribution < 1.29 is 17.9 Å². The van der Waals surface area contributed by atoms with Crippen molar-refractivity contribution in [3.05, 3.63) is 99.8 Å². The van der Waals surface area contributed by atoms with Gasteiger partial charge in [0.1, 0.15) is 0 Å². The number of para-hydroxylation sites is 3. The average Bonchev–Trinajstić information content (AvgIpc) is 2.90. The molecule has 2 heterocycles. The highest BCUT2D eigenvalue weighted by molar-refractivity contribution is 7.80. The number of nitrogens with zero attached hydrogens (tertiary/aromatic N) is 1. The van der Waals surface area contributed by atoms with E-state index in [2.05, 4.69) is 20.5 Å². The highest BCUT2D eigenvalue weighted by Gasteiger charge is 2.33. The highest BCUT2D eigenvalue weighted by Crippen LogP contribution is 2.34. The summed E-state index contributed by atoms with van der Waals surface area (Å²) in [4.78, 5) is 16.4. The lowest BCUT2D eigenvalue weighted by atomic mass is 9.99. The van der Waals surface area contributed by atoms with Crippen LogP contribution in [0, 0.1) is 0 Å². The minimum absolute atomic E-state index is 0.0445. The molecule has 1 fully saturated rings. The number of aromatic nitrogens is 1. The fourth-order valence-electron chi connectivity index (χ4n) is 4.60. The molecule has 196 valence electrons. The van der Waals surface area contributed by atoms with Crippen LogP contribution < -0.4 is 21.1 Å². The Hall–Kier alpha value is -3.89. The highest BCUT2D eigenvalue weighted by atomic mass is 32.1. The first-order chi connectivity index (χ1) is 18.3. The van der Waals surface area contributed by atoms with E-state index in [1.165, 1.54) is 12.1 Å². The summed E-state index contributed by atoms with van der Waals surface area (Å²) in [7, 11) is 0. The van der Waals surface area contributed by atoms with Crippen LogP contribution >= 0.6 is 12.2 Å². The molecule has 0 amide bonds. The summed E-state index contributed by atoms with van der Waals surface area (Å²) in [5.74, 6) is 0. The molecule has 3 N–H and O–H groups in total. The van der Waals surface area contributed by atoms with Crippen LogP contribution in [0.5, 0.6) is 0 Å². The van der Waals surface area contributed by atoms with Crippen LogP contribution in [0.25, 0.3) is 10.9 Å². The molecular formula is C28H25F3N4O2S. The Kier molecular flexibility index (Phi) is 7.35. The summed E-state index contributed by atoms with van der Waals surface area (Å²) in [6.07, 6.45) is -4.28. The Morgan fingerprint density at radius 1 is 0.947 bits per heavy atom. The molecular weight excluding hydrogens is 513 g/mol. The van der Waals surface area contributed by atoms with Gasteiger partial charge >= 0.3 is 6.18 Å². The van der Waals surface area contributed by atoms with Crippen LogP contribution in [-0.4, -0.2) is 36.4 Å². The molecule has 0 unspecified atom stereocenters. The van der Waals surface area contributed by atoms with Crippen molar-refractivity contribution >= 4 is 45.3 Å². The van der Waals surface area contributed by atoms with E-state index < -0.39 is 17.3 Å². The lowest BCUT2D eigenvalue weighted by Crippen LogP contribution is -2.37. The van der Waals surface area contributed by atoms with Crippen molar-refractivity contribution in [2.45, 2.75) is 12.6 Å². The summed E-state index contributed by atoms with van der Waals surface area (Å²) in [6.45, 7) is 2.91. The molecule has 38 heavy (non-hydrogen) atoms. The number of aromatic amines is 1. The van der Waals surface area contributed by atoms with Gasteiger partial charge in [0.05, 0.1) is 30.2 Å². The quantitative estimate of drug-likeness (QED) is 0.280. The van der Waals surface area contributed by atoms with Crippen molar-refractivity contribution in [1.82, 2.24) is 4.98 Å². The van der Waals surface area contributed by atoms with E-state index in [1.54, 1.807) is 6.07 Å². The van der Waals surface area contributed by atoms with Crippen LogP contribution in [0.3, 0.4) is 0 Å². The van der Waals surface area contributed by atoms with Crippen LogP contribution in [-0.2, 0) is 17.3 Å². The molecule has 6 nitrogen and oxygen atoms in total. The Bertz CT molecular complexity index is 1530. The lowest BCUT2D eigenvalue weighted by Gasteiger charge is -2.30. The minimum atomic E-state index is -4.64. The number of hydrogen-bond acceptors (Lipinski definition) is 4. The number of H-pyrrole nitrogens is 1. The van der Waals surface area contributed by atoms with Crippen molar-refractivity contribution in [3.63, 3.8) is 0 Å². The maximum Gasteiger partial charge on any atom is 0.417 e. The lowest BCUT2D eigenvalue weighted by molar-refractivity contribution is -0.136. The average molecular weight is 539 g/mol. The molecule has 3 aromatic carbocycles. The third-order valence-electron chi connectivity index (χ3n) is 6.38. The van der Waals surface area contributed by atoms with Gasteiger partial charge in [0, 0.05) is 35.7 Å². The van der Waals surface area contributed by atoms with Crippen LogP contribution in [0.1, 0.15) is 16.7 Å². The number of anilines is 3. The summed E-state index contributed by atoms with van der Waals surface area (Å²) in [5.41, 5.74) is 2.57. The van der Waals surface area contributed by atoms with Crippen LogP contribution in [0.15, 0.2) is 77.6 Å². The van der Waals surface area contributed by atoms with Gasteiger partial charge in [-0.25, -0.2) is 0 Å². The van der Waals surface area contributed by atoms with Crippen LogP contribution in [0.2, 0.25) is 0 Å². The Morgan fingerprint density at radius 3 is 2.39 bits per heavy atom. The topological polar surface area (TPSA) is 69.4 Å². The molecule has 1 aliphatic rings. The minimum Gasteiger partial charge on any atom is -0.378 e. The van der Waals surface area contributed by atoms with E-state index in [-0.39, 0.29) is 10.9 Å². The van der Waals surface area contributed by atoms with Crippen molar-refractivity contribution in [2.24, 2.45) is 0 Å². The van der Waals surface area contributed by atoms with Crippen molar-refractivity contribution in [2.75, 3.05) is 41.8 Å². The summed E-state index contributed by atoms with van der Waals surface area (Å²) in [6, 6.07) is 20.7. The second kappa shape index (κ2) is 10.8. The number of pyridine rings is 1. The molecule has 4 aromatic rings. The molecule has 1 aliphatic heterocycles. The smallest absolute Gasteiger partial charge is 0.378 e. The van der Waals surface area contributed by atoms with Crippen molar-refractivity contribution in [1.29, 1.82) is 0 Å². The number of nitrogens with one attached hydrogen (secondary N) is 3. The fraction of sp³-hybridized carbons (Fsp3) is 0.214. The third kappa shape index (κ3) is 5.81. The van der Waals surface area contributed by atoms with Gasteiger partial charge in [0.25, 0.3) is 0 Å². The molecule has 1 saturated heterocycles. The second-order valence-corrected chi connectivity index (χ2v) is 9.36. The van der Waals surface area contributed by atoms with Gasteiger partial charge < -0.3 is 25.3 Å². The number of fused-ring (bicyclic) bond motifs is 1. The molecule has 0 bridgehead atoms. The maximum atomic E-state index is 13.6. The molecule has 0 aliphatic carbocycles. The zero-order chi connectivity index (χ0) is 26.7. The van der Waals surface area contributed by atoms with E-state index in [0.29, 0.717) is 36.4 Å². The van der Waals surface area contributed by atoms with E-state index in [9.17, 15) is 18.0 Å². The number of alkyl halides is 3. The van der Waals surface area contributed by atoms with Gasteiger partial charge in [-0.05, 0) is 60.1 Å². The van der Waals surface area contributed by atoms with Gasteiger partial charge in [-0.15, -0.1) is 0 Å². The Labute approximate surface area is 222 Å². The number of rotatable bonds is 5. The summed E-state index contributed by atoms with van der Waals surface area (Å²) < 4.78 is 46.3. The van der Waals surface area contributed by atoms with Gasteiger partial charge in [-0.1, -0.05) is 36.4 Å². The van der Waals surface area contributed by atoms with E-state index in [1.807, 2.05) is 48.5 Å². The van der Waals surface area contributed by atoms with Gasteiger partial charge in [-0.2, -0.15) is 13.2 Å². The van der Waals surface area contributed by atoms with Gasteiger partial charge in [0.15, 0.2) is 5.11 Å². The molecule has 0 radical (unpaired) electrons. The fourth-order valence-corrected chi connectivity index (χ4v) is 4.82. The zero-order valence-electron chi connectivity index (χ0n) is 20.3. The first kappa shape index (κ1) is 25.7. The predicted molar refractivity (Wildman–Crippen MR) is 148 cm³/mol. The monoisotopic (exact) mass is 538 g/mol. The Balaban J connectivity index is 1.37. The normalized spacial score (nSPS) is 13.9. The summed E-state index contributed by atoms with van der Waals surface area (Å²) in [5, 5.41) is 6.87. The van der Waals surface area contributed by atoms with Gasteiger partial charge in [-0.3, -0.25) is 4.79 Å². The largest absolute Gasteiger partial charge is 0.417 e. The maximum absolute atomic E-state index is 13.6. The molecule has 0 saturated carbocycles. The molecule has 10 heteroatoms. The van der Waals surface area contributed by atoms with E-state index >= 15 is 0 Å². The van der Waals surface area contributed by atoms with Crippen LogP contribution in [0.4, 0.5) is 30.2 Å². The van der Waals surface area contributed by atoms with Gasteiger partial charge in [0.2, 0.25) is 5.56 Å². The molecule has 1 aromatic heterocycles. The SMILES string of the molecule is O=c1cc(C(F)(F)F)c2cc(Cc3ccccc3NC(=S)Nc3ccccc3N3CCOCC3)ccc2[nH]1. The molecule has 0 spiro atoms. The third-order valence-corrected chi connectivity index (χ3v) is 6.58. The van der Waals surface area contributed by atoms with Crippen molar-refractivity contribution in [3.8, 4) is 0 Å². The first-order valence-corrected chi connectivity index (χ1v) is 12.5. The molecule has 5 rings (SSSR count). The number of ether oxygens (including phenoxy) is 1. The number of morpholine rings is 1. The number of benzene rings is 3. The predicted octanol–water partition coefficient (Wildman–Crippen LogP) is 5.78. The van der Waals surface area contributed by atoms with E-state index in [0.717, 1.165) is 35.7 Å². The summed E-state index contributed by atoms with van der Waals surface area (Å²) >= 11 is 5.61. The standard InChI is InChI=1S/C28H25F3N4O2S/c29-28(30,31)21-17-26(36)32-23-10-9-18(16-20(21)23)15-19-5-1-2-6-22(19)33-27(38)34-24-7-3-4-8-25(24)35-11-13-37-14-12-35/h1-10,16-17H,11-15H2,(H,32,36)(H2,33,34,38).